The van der Waals surface area contributed by atoms with Crippen molar-refractivity contribution in [1.29, 1.82) is 0 Å². The number of furan rings is 1. The van der Waals surface area contributed by atoms with Crippen LogP contribution in [-0.4, -0.2) is 24.5 Å². The van der Waals surface area contributed by atoms with E-state index in [0.29, 0.717) is 6.04 Å². The lowest BCUT2D eigenvalue weighted by Crippen LogP contribution is -2.39. The minimum Gasteiger partial charge on any atom is -0.469 e. The lowest BCUT2D eigenvalue weighted by atomic mass is 9.84. The third-order valence-electron chi connectivity index (χ3n) is 4.61. The highest BCUT2D eigenvalue weighted by atomic mass is 16.3. The molecule has 0 aliphatic heterocycles. The van der Waals surface area contributed by atoms with Gasteiger partial charge in [0.1, 0.15) is 5.76 Å². The molecular formula is C16H28N2O. The van der Waals surface area contributed by atoms with Gasteiger partial charge in [0.15, 0.2) is 0 Å². The molecule has 0 radical (unpaired) electrons. The molecule has 0 saturated heterocycles. The number of hydrogen-bond donors (Lipinski definition) is 1. The predicted octanol–water partition coefficient (Wildman–Crippen LogP) is 3.32. The van der Waals surface area contributed by atoms with E-state index in [1.807, 2.05) is 6.92 Å². The largest absolute Gasteiger partial charge is 0.469 e. The van der Waals surface area contributed by atoms with Gasteiger partial charge in [0.2, 0.25) is 0 Å². The lowest BCUT2D eigenvalue weighted by Gasteiger charge is -2.31. The van der Waals surface area contributed by atoms with Gasteiger partial charge in [-0.2, -0.15) is 0 Å². The standard InChI is InChI=1S/C16H28N2O/c1-13-15(8-9-19-13)12-18(2)16(11-17)10-14-6-4-3-5-7-14/h8-9,14,16H,3-7,10-12,17H2,1-2H3. The zero-order valence-electron chi connectivity index (χ0n) is 12.4. The summed E-state index contributed by atoms with van der Waals surface area (Å²) in [6.45, 7) is 3.72. The molecule has 1 fully saturated rings. The maximum Gasteiger partial charge on any atom is 0.105 e. The van der Waals surface area contributed by atoms with E-state index in [2.05, 4.69) is 18.0 Å². The first-order valence-corrected chi connectivity index (χ1v) is 7.64. The second kappa shape index (κ2) is 7.11. The van der Waals surface area contributed by atoms with Gasteiger partial charge in [-0.25, -0.2) is 0 Å². The monoisotopic (exact) mass is 264 g/mol. The molecule has 1 aromatic rings. The Labute approximate surface area is 117 Å². The molecule has 0 bridgehead atoms. The predicted molar refractivity (Wildman–Crippen MR) is 78.9 cm³/mol. The van der Waals surface area contributed by atoms with Gasteiger partial charge in [-0.3, -0.25) is 4.90 Å². The molecule has 108 valence electrons. The fourth-order valence-corrected chi connectivity index (χ4v) is 3.24. The van der Waals surface area contributed by atoms with Crippen molar-refractivity contribution in [2.45, 2.75) is 58.0 Å². The number of nitrogens with two attached hydrogens (primary N) is 1. The third kappa shape index (κ3) is 4.08. The van der Waals surface area contributed by atoms with Crippen molar-refractivity contribution >= 4 is 0 Å². The fourth-order valence-electron chi connectivity index (χ4n) is 3.24. The van der Waals surface area contributed by atoms with Gasteiger partial charge in [-0.05, 0) is 32.4 Å². The maximum absolute atomic E-state index is 5.99. The molecule has 3 heteroatoms. The van der Waals surface area contributed by atoms with Gasteiger partial charge in [0.05, 0.1) is 6.26 Å². The molecular weight excluding hydrogens is 236 g/mol. The van der Waals surface area contributed by atoms with Crippen molar-refractivity contribution in [2.24, 2.45) is 11.7 Å². The topological polar surface area (TPSA) is 42.4 Å². The molecule has 1 atom stereocenters. The summed E-state index contributed by atoms with van der Waals surface area (Å²) in [6.07, 6.45) is 10.1. The summed E-state index contributed by atoms with van der Waals surface area (Å²) in [4.78, 5) is 2.40. The SMILES string of the molecule is Cc1occc1CN(C)C(CN)CC1CCCCC1. The van der Waals surface area contributed by atoms with Crippen LogP contribution in [0.3, 0.4) is 0 Å². The van der Waals surface area contributed by atoms with Gasteiger partial charge in [0.25, 0.3) is 0 Å². The van der Waals surface area contributed by atoms with Crippen LogP contribution < -0.4 is 5.73 Å². The summed E-state index contributed by atoms with van der Waals surface area (Å²) in [5.41, 5.74) is 7.27. The van der Waals surface area contributed by atoms with E-state index in [4.69, 9.17) is 10.2 Å². The van der Waals surface area contributed by atoms with Gasteiger partial charge in [-0.1, -0.05) is 32.1 Å². The minimum absolute atomic E-state index is 0.498. The Balaban J connectivity index is 1.87. The molecule has 0 amide bonds. The van der Waals surface area contributed by atoms with Crippen molar-refractivity contribution < 1.29 is 4.42 Å². The molecule has 1 aliphatic carbocycles. The number of nitrogens with zero attached hydrogens (tertiary/aromatic N) is 1. The van der Waals surface area contributed by atoms with Crippen LogP contribution in [0.1, 0.15) is 49.8 Å². The highest BCUT2D eigenvalue weighted by molar-refractivity contribution is 5.15. The second-order valence-electron chi connectivity index (χ2n) is 6.05. The molecule has 1 unspecified atom stereocenters. The number of likely N-dealkylation sites (N-methyl/N-ethyl adjacent to an activating group) is 1. The van der Waals surface area contributed by atoms with Crippen LogP contribution in [0.4, 0.5) is 0 Å². The van der Waals surface area contributed by atoms with E-state index in [1.165, 1.54) is 44.1 Å². The van der Waals surface area contributed by atoms with Gasteiger partial charge < -0.3 is 10.2 Å². The number of hydrogen-bond acceptors (Lipinski definition) is 3. The average Bonchev–Trinajstić information content (AvgIpc) is 2.82. The molecule has 2 rings (SSSR count). The van der Waals surface area contributed by atoms with E-state index in [-0.39, 0.29) is 0 Å². The van der Waals surface area contributed by atoms with Crippen LogP contribution in [0.5, 0.6) is 0 Å². The third-order valence-corrected chi connectivity index (χ3v) is 4.61. The van der Waals surface area contributed by atoms with Gasteiger partial charge in [-0.15, -0.1) is 0 Å². The summed E-state index contributed by atoms with van der Waals surface area (Å²) in [6, 6.07) is 2.57. The highest BCUT2D eigenvalue weighted by Gasteiger charge is 2.21. The molecule has 1 heterocycles. The molecule has 1 aliphatic rings. The van der Waals surface area contributed by atoms with Crippen LogP contribution in [-0.2, 0) is 6.54 Å². The van der Waals surface area contributed by atoms with Crippen molar-refractivity contribution in [2.75, 3.05) is 13.6 Å². The molecule has 0 aromatic carbocycles. The lowest BCUT2D eigenvalue weighted by molar-refractivity contribution is 0.184. The fraction of sp³-hybridized carbons (Fsp3) is 0.750. The van der Waals surface area contributed by atoms with Gasteiger partial charge in [0, 0.05) is 24.7 Å². The summed E-state index contributed by atoms with van der Waals surface area (Å²) in [5.74, 6) is 1.91. The summed E-state index contributed by atoms with van der Waals surface area (Å²) in [5, 5.41) is 0. The van der Waals surface area contributed by atoms with Crippen molar-refractivity contribution in [1.82, 2.24) is 4.90 Å². The Kier molecular flexibility index (Phi) is 5.46. The van der Waals surface area contributed by atoms with Crippen molar-refractivity contribution in [3.05, 3.63) is 23.7 Å². The normalized spacial score (nSPS) is 18.9. The summed E-state index contributed by atoms with van der Waals surface area (Å²) in [7, 11) is 2.19. The molecule has 3 nitrogen and oxygen atoms in total. The highest BCUT2D eigenvalue weighted by Crippen LogP contribution is 2.28. The second-order valence-corrected chi connectivity index (χ2v) is 6.05. The minimum atomic E-state index is 0.498. The molecule has 19 heavy (non-hydrogen) atoms. The number of rotatable bonds is 6. The van der Waals surface area contributed by atoms with Crippen molar-refractivity contribution in [3.8, 4) is 0 Å². The molecule has 1 saturated carbocycles. The molecule has 0 spiro atoms. The molecule has 1 aromatic heterocycles. The zero-order valence-corrected chi connectivity index (χ0v) is 12.4. The summed E-state index contributed by atoms with van der Waals surface area (Å²) < 4.78 is 5.37. The van der Waals surface area contributed by atoms with Gasteiger partial charge >= 0.3 is 0 Å². The first-order chi connectivity index (χ1) is 9.20. The van der Waals surface area contributed by atoms with Crippen LogP contribution in [0.15, 0.2) is 16.7 Å². The summed E-state index contributed by atoms with van der Waals surface area (Å²) >= 11 is 0. The first-order valence-electron chi connectivity index (χ1n) is 7.64. The average molecular weight is 264 g/mol. The quantitative estimate of drug-likeness (QED) is 0.857. The van der Waals surface area contributed by atoms with E-state index >= 15 is 0 Å². The Bertz CT molecular complexity index is 369. The van der Waals surface area contributed by atoms with E-state index in [1.54, 1.807) is 6.26 Å². The van der Waals surface area contributed by atoms with E-state index in [0.717, 1.165) is 24.8 Å². The Morgan fingerprint density at radius 2 is 2.11 bits per heavy atom. The van der Waals surface area contributed by atoms with E-state index in [9.17, 15) is 0 Å². The Morgan fingerprint density at radius 3 is 2.68 bits per heavy atom. The zero-order chi connectivity index (χ0) is 13.7. The smallest absolute Gasteiger partial charge is 0.105 e. The van der Waals surface area contributed by atoms with Crippen molar-refractivity contribution in [3.63, 3.8) is 0 Å². The van der Waals surface area contributed by atoms with Crippen LogP contribution >= 0.6 is 0 Å². The van der Waals surface area contributed by atoms with E-state index < -0.39 is 0 Å². The Hall–Kier alpha value is -0.800. The van der Waals surface area contributed by atoms with Crippen LogP contribution in [0.25, 0.3) is 0 Å². The molecule has 2 N–H and O–H groups in total. The van der Waals surface area contributed by atoms with Crippen LogP contribution in [0, 0.1) is 12.8 Å². The Morgan fingerprint density at radius 1 is 1.37 bits per heavy atom. The maximum atomic E-state index is 5.99. The van der Waals surface area contributed by atoms with Crippen LogP contribution in [0.2, 0.25) is 0 Å². The number of aryl methyl sites for hydroxylation is 1. The first kappa shape index (κ1) is 14.6.